The highest BCUT2D eigenvalue weighted by Crippen LogP contribution is 2.39. The molecule has 0 amide bonds. The first-order valence-electron chi connectivity index (χ1n) is 4.98. The smallest absolute Gasteiger partial charge is 0.187 e. The summed E-state index contributed by atoms with van der Waals surface area (Å²) in [4.78, 5) is 9.80. The lowest BCUT2D eigenvalue weighted by atomic mass is 9.99. The summed E-state index contributed by atoms with van der Waals surface area (Å²) in [5.41, 5.74) is 2.85. The molecule has 2 unspecified atom stereocenters. The normalized spacial score (nSPS) is 29.1. The first-order chi connectivity index (χ1) is 7.83. The molecule has 1 aromatic carbocycles. The molecule has 0 radical (unpaired) electrons. The zero-order valence-corrected chi connectivity index (χ0v) is 8.94. The van der Waals surface area contributed by atoms with Crippen molar-refractivity contribution < 1.29 is 9.57 Å². The SMILES string of the molecule is Clc1ccc2c(c1)C1=NCN3OC3C1=CO2. The second kappa shape index (κ2) is 2.85. The fourth-order valence-corrected chi connectivity index (χ4v) is 2.21. The van der Waals surface area contributed by atoms with Gasteiger partial charge in [-0.3, -0.25) is 9.83 Å². The van der Waals surface area contributed by atoms with Gasteiger partial charge in [-0.15, -0.1) is 5.06 Å². The van der Waals surface area contributed by atoms with Crippen LogP contribution in [0.25, 0.3) is 0 Å². The largest absolute Gasteiger partial charge is 0.464 e. The van der Waals surface area contributed by atoms with Gasteiger partial charge in [0, 0.05) is 10.6 Å². The number of aliphatic imine (C=N–C) groups is 1. The van der Waals surface area contributed by atoms with Crippen molar-refractivity contribution in [1.82, 2.24) is 5.06 Å². The second-order valence-corrected chi connectivity index (χ2v) is 4.29. The van der Waals surface area contributed by atoms with Gasteiger partial charge < -0.3 is 4.74 Å². The maximum atomic E-state index is 5.98. The van der Waals surface area contributed by atoms with Crippen LogP contribution in [0, 0.1) is 0 Å². The summed E-state index contributed by atoms with van der Waals surface area (Å²) < 4.78 is 5.54. The lowest BCUT2D eigenvalue weighted by molar-refractivity contribution is 0.206. The average Bonchev–Trinajstić information content (AvgIpc) is 3.07. The maximum absolute atomic E-state index is 5.98. The van der Waals surface area contributed by atoms with Crippen molar-refractivity contribution in [1.29, 1.82) is 0 Å². The molecule has 0 spiro atoms. The molecule has 0 aromatic heterocycles. The predicted octanol–water partition coefficient (Wildman–Crippen LogP) is 1.95. The minimum absolute atomic E-state index is 0.0135. The van der Waals surface area contributed by atoms with Crippen molar-refractivity contribution in [3.05, 3.63) is 40.6 Å². The zero-order chi connectivity index (χ0) is 10.7. The van der Waals surface area contributed by atoms with E-state index in [1.807, 2.05) is 18.2 Å². The van der Waals surface area contributed by atoms with Gasteiger partial charge in [0.15, 0.2) is 6.23 Å². The molecule has 1 fully saturated rings. The Kier molecular flexibility index (Phi) is 1.56. The van der Waals surface area contributed by atoms with Crippen molar-refractivity contribution >= 4 is 17.3 Å². The Hall–Kier alpha value is -1.36. The van der Waals surface area contributed by atoms with Crippen molar-refractivity contribution in [2.75, 3.05) is 6.67 Å². The highest BCUT2D eigenvalue weighted by molar-refractivity contribution is 6.31. The van der Waals surface area contributed by atoms with Crippen LogP contribution in [0.4, 0.5) is 0 Å². The van der Waals surface area contributed by atoms with Crippen LogP contribution in [0.2, 0.25) is 5.02 Å². The van der Waals surface area contributed by atoms with Crippen LogP contribution < -0.4 is 4.74 Å². The first kappa shape index (κ1) is 8.75. The van der Waals surface area contributed by atoms with Gasteiger partial charge in [-0.2, -0.15) is 0 Å². The molecule has 5 heteroatoms. The van der Waals surface area contributed by atoms with Gasteiger partial charge in [-0.25, -0.2) is 0 Å². The van der Waals surface area contributed by atoms with Crippen molar-refractivity contribution in [3.63, 3.8) is 0 Å². The Labute approximate surface area is 96.7 Å². The molecule has 1 saturated heterocycles. The Morgan fingerprint density at radius 2 is 2.38 bits per heavy atom. The van der Waals surface area contributed by atoms with E-state index in [9.17, 15) is 0 Å². The van der Waals surface area contributed by atoms with E-state index in [0.717, 1.165) is 22.6 Å². The van der Waals surface area contributed by atoms with Crippen LogP contribution in [-0.2, 0) is 4.84 Å². The third kappa shape index (κ3) is 1.09. The van der Waals surface area contributed by atoms with Crippen LogP contribution >= 0.6 is 11.6 Å². The van der Waals surface area contributed by atoms with Crippen LogP contribution in [-0.4, -0.2) is 23.7 Å². The minimum Gasteiger partial charge on any atom is -0.464 e. The molecule has 0 N–H and O–H groups in total. The van der Waals surface area contributed by atoms with Gasteiger partial charge in [0.2, 0.25) is 0 Å². The van der Waals surface area contributed by atoms with Crippen LogP contribution in [0.1, 0.15) is 5.56 Å². The van der Waals surface area contributed by atoms with E-state index in [-0.39, 0.29) is 6.23 Å². The van der Waals surface area contributed by atoms with E-state index in [2.05, 4.69) is 4.99 Å². The summed E-state index contributed by atoms with van der Waals surface area (Å²) in [6, 6.07) is 5.54. The molecule has 0 saturated carbocycles. The lowest BCUT2D eigenvalue weighted by Gasteiger charge is -2.20. The van der Waals surface area contributed by atoms with Gasteiger partial charge in [0.25, 0.3) is 0 Å². The lowest BCUT2D eigenvalue weighted by Crippen LogP contribution is -2.24. The van der Waals surface area contributed by atoms with E-state index in [1.165, 1.54) is 0 Å². The van der Waals surface area contributed by atoms with Crippen LogP contribution in [0.3, 0.4) is 0 Å². The van der Waals surface area contributed by atoms with Crippen LogP contribution in [0.5, 0.6) is 5.75 Å². The number of hydroxylamine groups is 2. The molecule has 3 aliphatic heterocycles. The summed E-state index contributed by atoms with van der Waals surface area (Å²) >= 11 is 5.98. The number of halogens is 1. The van der Waals surface area contributed by atoms with Crippen molar-refractivity contribution in [3.8, 4) is 5.75 Å². The van der Waals surface area contributed by atoms with Gasteiger partial charge in [0.05, 0.1) is 11.3 Å². The molecule has 0 bridgehead atoms. The van der Waals surface area contributed by atoms with Gasteiger partial charge in [0.1, 0.15) is 18.7 Å². The molecule has 1 aromatic rings. The van der Waals surface area contributed by atoms with E-state index < -0.39 is 0 Å². The standard InChI is InChI=1S/C11H7ClN2O2/c12-6-1-2-9-7(3-6)10-8(4-15-9)11-14(16-11)5-13-10/h1-4,11H,5H2. The van der Waals surface area contributed by atoms with Gasteiger partial charge in [-0.1, -0.05) is 11.6 Å². The molecule has 4 rings (SSSR count). The zero-order valence-electron chi connectivity index (χ0n) is 8.18. The number of ether oxygens (including phenoxy) is 1. The monoisotopic (exact) mass is 234 g/mol. The van der Waals surface area contributed by atoms with Crippen LogP contribution in [0.15, 0.2) is 35.0 Å². The fourth-order valence-electron chi connectivity index (χ4n) is 2.04. The number of fused-ring (bicyclic) bond motifs is 5. The summed E-state index contributed by atoms with van der Waals surface area (Å²) in [6.45, 7) is 0.573. The van der Waals surface area contributed by atoms with E-state index in [4.69, 9.17) is 21.2 Å². The third-order valence-corrected chi connectivity index (χ3v) is 3.10. The average molecular weight is 235 g/mol. The molecule has 0 aliphatic carbocycles. The Morgan fingerprint density at radius 3 is 3.31 bits per heavy atom. The molecule has 3 heterocycles. The third-order valence-electron chi connectivity index (χ3n) is 2.87. The first-order valence-corrected chi connectivity index (χ1v) is 5.35. The summed E-state index contributed by atoms with van der Waals surface area (Å²) in [6.07, 6.45) is 1.72. The Balaban J connectivity index is 1.91. The topological polar surface area (TPSA) is 37.1 Å². The minimum atomic E-state index is 0.0135. The van der Waals surface area contributed by atoms with Crippen molar-refractivity contribution in [2.24, 2.45) is 4.99 Å². The highest BCUT2D eigenvalue weighted by Gasteiger charge is 2.46. The van der Waals surface area contributed by atoms with Gasteiger partial charge in [-0.05, 0) is 18.2 Å². The molecule has 3 aliphatic rings. The van der Waals surface area contributed by atoms with E-state index in [1.54, 1.807) is 11.3 Å². The molecular weight excluding hydrogens is 228 g/mol. The fraction of sp³-hybridized carbons (Fsp3) is 0.182. The summed E-state index contributed by atoms with van der Waals surface area (Å²) in [5, 5.41) is 2.49. The Morgan fingerprint density at radius 1 is 1.44 bits per heavy atom. The maximum Gasteiger partial charge on any atom is 0.187 e. The molecule has 4 nitrogen and oxygen atoms in total. The Bertz CT molecular complexity index is 553. The quantitative estimate of drug-likeness (QED) is 0.644. The van der Waals surface area contributed by atoms with Gasteiger partial charge >= 0.3 is 0 Å². The molecular formula is C11H7ClN2O2. The van der Waals surface area contributed by atoms with E-state index in [0.29, 0.717) is 11.7 Å². The number of hydrogen-bond acceptors (Lipinski definition) is 4. The van der Waals surface area contributed by atoms with Crippen molar-refractivity contribution in [2.45, 2.75) is 6.23 Å². The number of hydrogen-bond donors (Lipinski definition) is 0. The summed E-state index contributed by atoms with van der Waals surface area (Å²) in [7, 11) is 0. The highest BCUT2D eigenvalue weighted by atomic mass is 35.5. The molecule has 80 valence electrons. The number of nitrogens with zero attached hydrogens (tertiary/aromatic N) is 2. The summed E-state index contributed by atoms with van der Waals surface area (Å²) in [5.74, 6) is 0.793. The predicted molar refractivity (Wildman–Crippen MR) is 58.3 cm³/mol. The second-order valence-electron chi connectivity index (χ2n) is 3.85. The number of rotatable bonds is 0. The molecule has 16 heavy (non-hydrogen) atoms. The molecule has 2 atom stereocenters. The van der Waals surface area contributed by atoms with E-state index >= 15 is 0 Å². The number of benzene rings is 1.